The molecule has 0 aromatic heterocycles. The molecule has 0 aliphatic heterocycles. The van der Waals surface area contributed by atoms with Gasteiger partial charge in [-0.05, 0) is 19.8 Å². The van der Waals surface area contributed by atoms with Crippen LogP contribution in [0.15, 0.2) is 0 Å². The number of hydrogen-bond acceptors (Lipinski definition) is 3. The van der Waals surface area contributed by atoms with Crippen molar-refractivity contribution < 1.29 is 17.7 Å². The summed E-state index contributed by atoms with van der Waals surface area (Å²) < 4.78 is 23.2. The van der Waals surface area contributed by atoms with Crippen molar-refractivity contribution in [1.82, 2.24) is 0 Å². The van der Waals surface area contributed by atoms with Gasteiger partial charge in [-0.25, -0.2) is 0 Å². The molecule has 0 saturated carbocycles. The molecule has 0 saturated heterocycles. The normalized spacial score (nSPS) is 17.8. The fourth-order valence-electron chi connectivity index (χ4n) is 1.22. The Hall–Kier alpha value is -0.260. The largest absolute Gasteiger partial charge is 0.303 e. The highest BCUT2D eigenvalue weighted by Crippen LogP contribution is 2.13. The molecule has 78 valence electrons. The molecule has 0 spiro atoms. The molecular formula is C8H16O4S. The molecule has 13 heavy (non-hydrogen) atoms. The van der Waals surface area contributed by atoms with Crippen molar-refractivity contribution in [2.24, 2.45) is 5.92 Å². The zero-order chi connectivity index (χ0) is 10.3. The van der Waals surface area contributed by atoms with Crippen molar-refractivity contribution >= 4 is 17.6 Å². The molecule has 4 nitrogen and oxygen atoms in total. The minimum Gasteiger partial charge on any atom is -0.303 e. The van der Waals surface area contributed by atoms with E-state index < -0.39 is 11.4 Å². The second kappa shape index (κ2) is 7.17. The monoisotopic (exact) mass is 208 g/mol. The quantitative estimate of drug-likeness (QED) is 0.509. The van der Waals surface area contributed by atoms with E-state index in [0.717, 1.165) is 19.1 Å². The Morgan fingerprint density at radius 3 is 2.62 bits per heavy atom. The summed E-state index contributed by atoms with van der Waals surface area (Å²) in [5, 5.41) is 0. The maximum absolute atomic E-state index is 10.5. The zero-order valence-corrected chi connectivity index (χ0v) is 8.75. The van der Waals surface area contributed by atoms with Crippen LogP contribution >= 0.6 is 0 Å². The van der Waals surface area contributed by atoms with Crippen molar-refractivity contribution in [1.29, 1.82) is 0 Å². The molecule has 0 fully saturated rings. The summed E-state index contributed by atoms with van der Waals surface area (Å²) in [6, 6.07) is 0. The number of carbonyl (C=O) groups is 1. The summed E-state index contributed by atoms with van der Waals surface area (Å²) in [5.74, 6) is -0.0662. The van der Waals surface area contributed by atoms with Gasteiger partial charge >= 0.3 is 11.4 Å². The first kappa shape index (κ1) is 12.7. The summed E-state index contributed by atoms with van der Waals surface area (Å²) in [4.78, 5) is 10.5. The molecule has 3 atom stereocenters. The Labute approximate surface area is 81.2 Å². The van der Waals surface area contributed by atoms with Crippen LogP contribution in [0.3, 0.4) is 0 Å². The van der Waals surface area contributed by atoms with Crippen molar-refractivity contribution in [3.63, 3.8) is 0 Å². The standard InChI is InChI=1S/C8H16O4S/c1-3-4-8(6-9)5-7(2)12-13(10)11/h6-8H,3-5H2,1-2H3,(H,10,11). The van der Waals surface area contributed by atoms with Gasteiger partial charge in [0.25, 0.3) is 0 Å². The Morgan fingerprint density at radius 1 is 1.62 bits per heavy atom. The SMILES string of the molecule is CCCC(C=O)CC(C)OS(=O)O. The van der Waals surface area contributed by atoms with Gasteiger partial charge in [-0.3, -0.25) is 8.74 Å². The van der Waals surface area contributed by atoms with Gasteiger partial charge in [0.1, 0.15) is 6.29 Å². The second-order valence-corrected chi connectivity index (χ2v) is 3.67. The van der Waals surface area contributed by atoms with E-state index in [1.807, 2.05) is 6.92 Å². The van der Waals surface area contributed by atoms with Gasteiger partial charge in [-0.2, -0.15) is 4.21 Å². The number of aldehydes is 1. The molecule has 0 heterocycles. The van der Waals surface area contributed by atoms with E-state index in [-0.39, 0.29) is 12.0 Å². The number of carbonyl (C=O) groups excluding carboxylic acids is 1. The highest BCUT2D eigenvalue weighted by Gasteiger charge is 2.13. The third-order valence-electron chi connectivity index (χ3n) is 1.73. The number of hydrogen-bond donors (Lipinski definition) is 1. The maximum Gasteiger partial charge on any atom is 0.302 e. The molecule has 0 aliphatic rings. The van der Waals surface area contributed by atoms with Crippen LogP contribution in [0.4, 0.5) is 0 Å². The van der Waals surface area contributed by atoms with Gasteiger partial charge < -0.3 is 4.79 Å². The molecule has 0 aromatic rings. The molecule has 0 radical (unpaired) electrons. The van der Waals surface area contributed by atoms with Crippen molar-refractivity contribution in [2.75, 3.05) is 0 Å². The maximum atomic E-state index is 10.5. The minimum atomic E-state index is -2.23. The number of rotatable bonds is 7. The molecule has 0 amide bonds. The topological polar surface area (TPSA) is 63.6 Å². The van der Waals surface area contributed by atoms with E-state index in [1.165, 1.54) is 0 Å². The summed E-state index contributed by atoms with van der Waals surface area (Å²) in [6.07, 6.45) is 2.76. The van der Waals surface area contributed by atoms with E-state index >= 15 is 0 Å². The molecular weight excluding hydrogens is 192 g/mol. The highest BCUT2D eigenvalue weighted by atomic mass is 32.2. The predicted octanol–water partition coefficient (Wildman–Crippen LogP) is 1.53. The fraction of sp³-hybridized carbons (Fsp3) is 0.875. The van der Waals surface area contributed by atoms with Crippen molar-refractivity contribution in [2.45, 2.75) is 39.2 Å². The lowest BCUT2D eigenvalue weighted by Gasteiger charge is -2.13. The lowest BCUT2D eigenvalue weighted by atomic mass is 9.99. The third-order valence-corrected chi connectivity index (χ3v) is 2.23. The molecule has 1 N–H and O–H groups in total. The van der Waals surface area contributed by atoms with E-state index in [4.69, 9.17) is 4.55 Å². The van der Waals surface area contributed by atoms with E-state index in [1.54, 1.807) is 6.92 Å². The van der Waals surface area contributed by atoms with Gasteiger partial charge in [-0.1, -0.05) is 13.3 Å². The third kappa shape index (κ3) is 6.86. The molecule has 3 unspecified atom stereocenters. The van der Waals surface area contributed by atoms with Crippen LogP contribution in [0.25, 0.3) is 0 Å². The minimum absolute atomic E-state index is 0.0662. The van der Waals surface area contributed by atoms with Gasteiger partial charge in [0.2, 0.25) is 0 Å². The van der Waals surface area contributed by atoms with Crippen LogP contribution in [0.1, 0.15) is 33.1 Å². The van der Waals surface area contributed by atoms with Crippen molar-refractivity contribution in [3.05, 3.63) is 0 Å². The lowest BCUT2D eigenvalue weighted by molar-refractivity contribution is -0.112. The van der Waals surface area contributed by atoms with Gasteiger partial charge in [0.05, 0.1) is 6.10 Å². The van der Waals surface area contributed by atoms with E-state index in [0.29, 0.717) is 6.42 Å². The average molecular weight is 208 g/mol. The van der Waals surface area contributed by atoms with Crippen LogP contribution < -0.4 is 0 Å². The first-order chi connectivity index (χ1) is 6.10. The molecule has 0 aromatic carbocycles. The highest BCUT2D eigenvalue weighted by molar-refractivity contribution is 7.74. The van der Waals surface area contributed by atoms with Crippen LogP contribution in [0, 0.1) is 5.92 Å². The van der Waals surface area contributed by atoms with Gasteiger partial charge in [-0.15, -0.1) is 0 Å². The van der Waals surface area contributed by atoms with Crippen LogP contribution in [-0.2, 0) is 20.3 Å². The van der Waals surface area contributed by atoms with Crippen LogP contribution in [-0.4, -0.2) is 21.2 Å². The van der Waals surface area contributed by atoms with Gasteiger partial charge in [0, 0.05) is 5.92 Å². The Bertz CT molecular complexity index is 172. The van der Waals surface area contributed by atoms with E-state index in [9.17, 15) is 9.00 Å². The summed E-state index contributed by atoms with van der Waals surface area (Å²) in [6.45, 7) is 3.67. The molecule has 0 rings (SSSR count). The summed E-state index contributed by atoms with van der Waals surface area (Å²) in [5.41, 5.74) is 0. The Kier molecular flexibility index (Phi) is 7.03. The van der Waals surface area contributed by atoms with Crippen LogP contribution in [0.5, 0.6) is 0 Å². The zero-order valence-electron chi connectivity index (χ0n) is 7.93. The smallest absolute Gasteiger partial charge is 0.302 e. The molecule has 5 heteroatoms. The Balaban J connectivity index is 3.78. The molecule has 0 bridgehead atoms. The molecule has 0 aliphatic carbocycles. The lowest BCUT2D eigenvalue weighted by Crippen LogP contribution is -2.16. The second-order valence-electron chi connectivity index (χ2n) is 3.04. The summed E-state index contributed by atoms with van der Waals surface area (Å²) in [7, 11) is 0. The van der Waals surface area contributed by atoms with E-state index in [2.05, 4.69) is 4.18 Å². The predicted molar refractivity (Wildman–Crippen MR) is 50.4 cm³/mol. The Morgan fingerprint density at radius 2 is 2.23 bits per heavy atom. The first-order valence-electron chi connectivity index (χ1n) is 4.33. The fourth-order valence-corrected chi connectivity index (χ4v) is 1.58. The van der Waals surface area contributed by atoms with Crippen molar-refractivity contribution in [3.8, 4) is 0 Å². The first-order valence-corrected chi connectivity index (χ1v) is 5.36. The summed E-state index contributed by atoms with van der Waals surface area (Å²) >= 11 is -2.23. The average Bonchev–Trinajstić information content (AvgIpc) is 2.02. The van der Waals surface area contributed by atoms with Crippen LogP contribution in [0.2, 0.25) is 0 Å². The van der Waals surface area contributed by atoms with Gasteiger partial charge in [0.15, 0.2) is 0 Å².